The van der Waals surface area contributed by atoms with Gasteiger partial charge in [0.15, 0.2) is 0 Å². The molecule has 1 heteroatoms. The fourth-order valence-corrected chi connectivity index (χ4v) is 9.03. The average Bonchev–Trinajstić information content (AvgIpc) is 3.42. The van der Waals surface area contributed by atoms with E-state index in [2.05, 4.69) is 147 Å². The fourth-order valence-electron chi connectivity index (χ4n) is 9.03. The lowest BCUT2D eigenvalue weighted by molar-refractivity contribution is 0.400. The van der Waals surface area contributed by atoms with Crippen molar-refractivity contribution in [3.8, 4) is 11.1 Å². The minimum absolute atomic E-state index is 0.360. The minimum Gasteiger partial charge on any atom is -0.357 e. The highest BCUT2D eigenvalue weighted by atomic mass is 15.2. The molecule has 0 saturated carbocycles. The third-order valence-corrected chi connectivity index (χ3v) is 11.4. The van der Waals surface area contributed by atoms with Gasteiger partial charge in [-0.15, -0.1) is 0 Å². The van der Waals surface area contributed by atoms with E-state index >= 15 is 0 Å². The van der Waals surface area contributed by atoms with Gasteiger partial charge in [0.25, 0.3) is 0 Å². The van der Waals surface area contributed by atoms with Crippen LogP contribution in [0.15, 0.2) is 121 Å². The molecule has 1 nitrogen and oxygen atoms in total. The van der Waals surface area contributed by atoms with E-state index in [0.717, 1.165) is 12.8 Å². The number of aryl methyl sites for hydroxylation is 3. The van der Waals surface area contributed by atoms with Crippen molar-refractivity contribution < 1.29 is 0 Å². The van der Waals surface area contributed by atoms with E-state index in [1.165, 1.54) is 89.8 Å². The van der Waals surface area contributed by atoms with Crippen LogP contribution < -0.4 is 4.90 Å². The predicted octanol–water partition coefficient (Wildman–Crippen LogP) is 11.7. The molecule has 46 heavy (non-hydrogen) atoms. The molecule has 1 fully saturated rings. The number of anilines is 1. The van der Waals surface area contributed by atoms with Crippen LogP contribution in [0.2, 0.25) is 0 Å². The number of fused-ring (bicyclic) bond motifs is 6. The second kappa shape index (κ2) is 10.7. The average molecular weight is 596 g/mol. The maximum Gasteiger partial charge on any atom is 0.0549 e. The monoisotopic (exact) mass is 595 g/mol. The zero-order chi connectivity index (χ0) is 30.9. The Hall–Kier alpha value is -4.62. The lowest BCUT2D eigenvalue weighted by atomic mass is 9.80. The molecule has 1 saturated heterocycles. The number of benzene rings is 5. The first-order valence-electron chi connectivity index (χ1n) is 17.2. The smallest absolute Gasteiger partial charge is 0.0549 e. The largest absolute Gasteiger partial charge is 0.357 e. The maximum absolute atomic E-state index is 2.82. The Morgan fingerprint density at radius 1 is 0.630 bits per heavy atom. The van der Waals surface area contributed by atoms with Crippen LogP contribution in [0.25, 0.3) is 49.0 Å². The van der Waals surface area contributed by atoms with Crippen LogP contribution in [-0.4, -0.2) is 12.1 Å². The van der Waals surface area contributed by atoms with Crippen LogP contribution in [-0.2, 0) is 0 Å². The molecule has 5 aromatic rings. The summed E-state index contributed by atoms with van der Waals surface area (Å²) in [5.41, 5.74) is 11.0. The van der Waals surface area contributed by atoms with Crippen molar-refractivity contribution in [3.63, 3.8) is 0 Å². The fraction of sp³-hybridized carbons (Fsp3) is 0.244. The van der Waals surface area contributed by atoms with Crippen molar-refractivity contribution in [1.82, 2.24) is 0 Å². The number of hydrogen-bond acceptors (Lipinski definition) is 1. The van der Waals surface area contributed by atoms with Gasteiger partial charge < -0.3 is 4.90 Å². The van der Waals surface area contributed by atoms with Gasteiger partial charge in [-0.2, -0.15) is 0 Å². The summed E-state index contributed by atoms with van der Waals surface area (Å²) in [7, 11) is 0. The molecule has 4 atom stereocenters. The van der Waals surface area contributed by atoms with Gasteiger partial charge in [-0.3, -0.25) is 0 Å². The van der Waals surface area contributed by atoms with Gasteiger partial charge >= 0.3 is 0 Å². The molecule has 1 heterocycles. The molecule has 4 unspecified atom stereocenters. The van der Waals surface area contributed by atoms with Crippen LogP contribution >= 0.6 is 0 Å². The lowest BCUT2D eigenvalue weighted by Crippen LogP contribution is -2.37. The summed E-state index contributed by atoms with van der Waals surface area (Å²) in [6, 6.07) is 26.8. The quantitative estimate of drug-likeness (QED) is 0.148. The number of rotatable bonds is 3. The van der Waals surface area contributed by atoms with Gasteiger partial charge in [-0.1, -0.05) is 109 Å². The van der Waals surface area contributed by atoms with E-state index in [0.29, 0.717) is 23.9 Å². The maximum atomic E-state index is 2.82. The minimum atomic E-state index is 0.360. The van der Waals surface area contributed by atoms with Crippen LogP contribution in [0.4, 0.5) is 5.69 Å². The normalized spacial score (nSPS) is 23.4. The Morgan fingerprint density at radius 2 is 1.39 bits per heavy atom. The Bertz CT molecular complexity index is 2220. The van der Waals surface area contributed by atoms with Gasteiger partial charge in [-0.05, 0) is 126 Å². The molecule has 0 aromatic heterocycles. The van der Waals surface area contributed by atoms with Gasteiger partial charge in [0, 0.05) is 16.7 Å². The highest BCUT2D eigenvalue weighted by Crippen LogP contribution is 2.53. The second-order valence-corrected chi connectivity index (χ2v) is 14.1. The number of nitrogens with zero attached hydrogens (tertiary/aromatic N) is 1. The van der Waals surface area contributed by atoms with Crippen molar-refractivity contribution in [2.45, 2.75) is 58.5 Å². The van der Waals surface area contributed by atoms with Crippen LogP contribution in [0.5, 0.6) is 0 Å². The highest BCUT2D eigenvalue weighted by molar-refractivity contribution is 6.22. The first-order chi connectivity index (χ1) is 22.6. The van der Waals surface area contributed by atoms with Crippen LogP contribution in [0.3, 0.4) is 0 Å². The Kier molecular flexibility index (Phi) is 6.46. The van der Waals surface area contributed by atoms with Gasteiger partial charge in [-0.25, -0.2) is 0 Å². The summed E-state index contributed by atoms with van der Waals surface area (Å²) in [6.45, 7) is 6.83. The van der Waals surface area contributed by atoms with Gasteiger partial charge in [0.2, 0.25) is 0 Å². The highest BCUT2D eigenvalue weighted by Gasteiger charge is 2.47. The van der Waals surface area contributed by atoms with Crippen LogP contribution in [0.1, 0.15) is 47.9 Å². The van der Waals surface area contributed by atoms with E-state index < -0.39 is 0 Å². The van der Waals surface area contributed by atoms with E-state index in [1.807, 2.05) is 0 Å². The molecule has 0 N–H and O–H groups in total. The predicted molar refractivity (Wildman–Crippen MR) is 199 cm³/mol. The molecule has 9 rings (SSSR count). The summed E-state index contributed by atoms with van der Waals surface area (Å²) in [4.78, 5) is 2.82. The number of allylic oxidation sites excluding steroid dienone is 7. The summed E-state index contributed by atoms with van der Waals surface area (Å²) in [5.74, 6) is 1.18. The van der Waals surface area contributed by atoms with E-state index in [-0.39, 0.29) is 0 Å². The summed E-state index contributed by atoms with van der Waals surface area (Å²) < 4.78 is 0. The van der Waals surface area contributed by atoms with Crippen molar-refractivity contribution in [2.75, 3.05) is 4.90 Å². The van der Waals surface area contributed by atoms with Crippen molar-refractivity contribution in [3.05, 3.63) is 144 Å². The first kappa shape index (κ1) is 27.7. The topological polar surface area (TPSA) is 3.24 Å². The molecule has 0 amide bonds. The zero-order valence-electron chi connectivity index (χ0n) is 27.1. The molecule has 4 aliphatic rings. The molecule has 0 bridgehead atoms. The zero-order valence-corrected chi connectivity index (χ0v) is 27.1. The number of hydrogen-bond donors (Lipinski definition) is 0. The SMILES string of the molecule is Cc1ccc2c(N3C4C=CC=CC4C4CCC=CC43)c3cc(C)c(C)cc3c(-c3cc4ccccc4cc3C3=CC=CCC3)c2c1. The standard InChI is InChI=1S/C45H41N/c1-28-21-22-36-38(23-28)44(40-27-33-16-8-7-15-32(33)26-37(40)31-13-5-4-6-14-31)39-24-29(2)30(3)25-41(39)45(36)46-42-19-11-9-17-34(42)35-18-10-12-20-43(35)46/h4-5,7-9,11-13,15-17,19-27,34-35,42-43H,6,10,14,18H2,1-3H3. The first-order valence-corrected chi connectivity index (χ1v) is 17.2. The van der Waals surface area contributed by atoms with E-state index in [4.69, 9.17) is 0 Å². The Morgan fingerprint density at radius 3 is 2.20 bits per heavy atom. The molecule has 0 radical (unpaired) electrons. The lowest BCUT2D eigenvalue weighted by Gasteiger charge is -2.35. The third kappa shape index (κ3) is 4.21. The second-order valence-electron chi connectivity index (χ2n) is 14.1. The third-order valence-electron chi connectivity index (χ3n) is 11.4. The summed E-state index contributed by atoms with van der Waals surface area (Å²) in [6.07, 6.45) is 26.0. The molecular weight excluding hydrogens is 555 g/mol. The van der Waals surface area contributed by atoms with Crippen molar-refractivity contribution in [1.29, 1.82) is 0 Å². The van der Waals surface area contributed by atoms with E-state index in [9.17, 15) is 0 Å². The van der Waals surface area contributed by atoms with Gasteiger partial charge in [0.1, 0.15) is 0 Å². The molecular formula is C45H41N. The van der Waals surface area contributed by atoms with Crippen LogP contribution in [0, 0.1) is 32.6 Å². The molecule has 0 spiro atoms. The Balaban J connectivity index is 1.43. The molecule has 3 aliphatic carbocycles. The van der Waals surface area contributed by atoms with E-state index in [1.54, 1.807) is 0 Å². The molecule has 1 aliphatic heterocycles. The Labute approximate surface area is 272 Å². The molecule has 5 aromatic carbocycles. The van der Waals surface area contributed by atoms with Gasteiger partial charge in [0.05, 0.1) is 17.8 Å². The van der Waals surface area contributed by atoms with Crippen molar-refractivity contribution in [2.24, 2.45) is 11.8 Å². The molecule has 226 valence electrons. The van der Waals surface area contributed by atoms with Crippen molar-refractivity contribution >= 4 is 43.6 Å². The summed E-state index contributed by atoms with van der Waals surface area (Å²) in [5, 5.41) is 8.09. The summed E-state index contributed by atoms with van der Waals surface area (Å²) >= 11 is 0.